The molecular formula is C28H34N2O5. The summed E-state index contributed by atoms with van der Waals surface area (Å²) in [5, 5.41) is 14.9. The van der Waals surface area contributed by atoms with Crippen LogP contribution in [-0.2, 0) is 14.3 Å². The first-order valence-electron chi connectivity index (χ1n) is 12.6. The molecule has 186 valence electrons. The number of benzene rings is 2. The number of hydrogen-bond donors (Lipinski definition) is 3. The predicted octanol–water partition coefficient (Wildman–Crippen LogP) is 4.70. The Morgan fingerprint density at radius 1 is 1.00 bits per heavy atom. The summed E-state index contributed by atoms with van der Waals surface area (Å²) in [4.78, 5) is 36.9. The average molecular weight is 479 g/mol. The highest BCUT2D eigenvalue weighted by atomic mass is 16.5. The Balaban J connectivity index is 1.32. The largest absolute Gasteiger partial charge is 0.480 e. The maximum absolute atomic E-state index is 12.9. The number of carboxylic acids is 1. The molecule has 7 heteroatoms. The molecule has 2 aromatic carbocycles. The number of fused-ring (bicyclic) bond motifs is 3. The number of rotatable bonds is 9. The fraction of sp³-hybridized carbons (Fsp3) is 0.464. The molecule has 3 atom stereocenters. The van der Waals surface area contributed by atoms with Gasteiger partial charge in [0.25, 0.3) is 0 Å². The standard InChI is InChI=1S/C28H34N2O5/c1-2-9-25(27(32)33)30-26(31)19-11-4-3-10-18(19)16-29-28(34)35-17-24-22-14-7-5-12-20(22)21-13-6-8-15-23(21)24/h5-8,12-15,18-19,24-25H,2-4,9-11,16-17H2,1H3,(H,29,34)(H,30,31)(H,32,33)/t18-,19-,25+/m1/s1. The third-order valence-corrected chi connectivity index (χ3v) is 7.29. The summed E-state index contributed by atoms with van der Waals surface area (Å²) in [6.45, 7) is 2.47. The lowest BCUT2D eigenvalue weighted by Crippen LogP contribution is -2.47. The van der Waals surface area contributed by atoms with Crippen molar-refractivity contribution >= 4 is 18.0 Å². The van der Waals surface area contributed by atoms with E-state index in [2.05, 4.69) is 34.9 Å². The third kappa shape index (κ3) is 5.66. The highest BCUT2D eigenvalue weighted by molar-refractivity contribution is 5.85. The van der Waals surface area contributed by atoms with Crippen LogP contribution in [0.5, 0.6) is 0 Å². The van der Waals surface area contributed by atoms with E-state index < -0.39 is 18.1 Å². The van der Waals surface area contributed by atoms with Crippen molar-refractivity contribution < 1.29 is 24.2 Å². The van der Waals surface area contributed by atoms with Crippen LogP contribution in [0.1, 0.15) is 62.5 Å². The zero-order chi connectivity index (χ0) is 24.8. The van der Waals surface area contributed by atoms with Gasteiger partial charge in [-0.1, -0.05) is 74.7 Å². The lowest BCUT2D eigenvalue weighted by molar-refractivity contribution is -0.143. The molecule has 2 amide bonds. The molecular weight excluding hydrogens is 444 g/mol. The monoisotopic (exact) mass is 478 g/mol. The Morgan fingerprint density at radius 2 is 1.63 bits per heavy atom. The van der Waals surface area contributed by atoms with Gasteiger partial charge in [-0.25, -0.2) is 9.59 Å². The van der Waals surface area contributed by atoms with Crippen LogP contribution < -0.4 is 10.6 Å². The fourth-order valence-electron chi connectivity index (χ4n) is 5.49. The van der Waals surface area contributed by atoms with Gasteiger partial charge in [-0.15, -0.1) is 0 Å². The van der Waals surface area contributed by atoms with E-state index in [1.54, 1.807) is 0 Å². The molecule has 0 spiro atoms. The molecule has 1 saturated carbocycles. The molecule has 4 rings (SSSR count). The number of carbonyl (C=O) groups is 3. The van der Waals surface area contributed by atoms with Gasteiger partial charge in [0.15, 0.2) is 0 Å². The highest BCUT2D eigenvalue weighted by Crippen LogP contribution is 2.44. The van der Waals surface area contributed by atoms with Crippen molar-refractivity contribution in [3.05, 3.63) is 59.7 Å². The molecule has 35 heavy (non-hydrogen) atoms. The minimum absolute atomic E-state index is 0.00660. The molecule has 0 unspecified atom stereocenters. The molecule has 3 N–H and O–H groups in total. The summed E-state index contributed by atoms with van der Waals surface area (Å²) in [7, 11) is 0. The Kier molecular flexibility index (Phi) is 8.06. The second-order valence-electron chi connectivity index (χ2n) is 9.55. The Morgan fingerprint density at radius 3 is 2.26 bits per heavy atom. The fourth-order valence-corrected chi connectivity index (χ4v) is 5.49. The van der Waals surface area contributed by atoms with Gasteiger partial charge in [-0.2, -0.15) is 0 Å². The topological polar surface area (TPSA) is 105 Å². The van der Waals surface area contributed by atoms with E-state index >= 15 is 0 Å². The Hall–Kier alpha value is -3.35. The minimum Gasteiger partial charge on any atom is -0.480 e. The van der Waals surface area contributed by atoms with Crippen molar-refractivity contribution in [3.63, 3.8) is 0 Å². The van der Waals surface area contributed by atoms with Gasteiger partial charge >= 0.3 is 12.1 Å². The van der Waals surface area contributed by atoms with Crippen LogP contribution in [0.2, 0.25) is 0 Å². The van der Waals surface area contributed by atoms with Crippen LogP contribution in [-0.4, -0.2) is 42.3 Å². The second kappa shape index (κ2) is 11.4. The van der Waals surface area contributed by atoms with Gasteiger partial charge < -0.3 is 20.5 Å². The maximum Gasteiger partial charge on any atom is 0.407 e. The summed E-state index contributed by atoms with van der Waals surface area (Å²) in [5.41, 5.74) is 4.67. The number of carbonyl (C=O) groups excluding carboxylic acids is 2. The number of carboxylic acid groups (broad SMARTS) is 1. The molecule has 2 aliphatic rings. The van der Waals surface area contributed by atoms with Gasteiger partial charge in [-0.3, -0.25) is 4.79 Å². The quantitative estimate of drug-likeness (QED) is 0.485. The predicted molar refractivity (Wildman–Crippen MR) is 133 cm³/mol. The van der Waals surface area contributed by atoms with Gasteiger partial charge in [-0.05, 0) is 47.4 Å². The van der Waals surface area contributed by atoms with Crippen molar-refractivity contribution in [1.29, 1.82) is 0 Å². The molecule has 0 bridgehead atoms. The summed E-state index contributed by atoms with van der Waals surface area (Å²) in [6, 6.07) is 15.5. The number of ether oxygens (including phenoxy) is 1. The van der Waals surface area contributed by atoms with Crippen molar-refractivity contribution in [2.45, 2.75) is 57.4 Å². The molecule has 0 aliphatic heterocycles. The van der Waals surface area contributed by atoms with Crippen LogP contribution in [0, 0.1) is 11.8 Å². The van der Waals surface area contributed by atoms with Crippen molar-refractivity contribution in [2.24, 2.45) is 11.8 Å². The van der Waals surface area contributed by atoms with Gasteiger partial charge in [0.2, 0.25) is 5.91 Å². The summed E-state index contributed by atoms with van der Waals surface area (Å²) >= 11 is 0. The van der Waals surface area contributed by atoms with Gasteiger partial charge in [0.1, 0.15) is 12.6 Å². The van der Waals surface area contributed by atoms with Crippen LogP contribution >= 0.6 is 0 Å². The van der Waals surface area contributed by atoms with E-state index in [-0.39, 0.29) is 30.3 Å². The molecule has 1 fully saturated rings. The van der Waals surface area contributed by atoms with Gasteiger partial charge in [0, 0.05) is 18.4 Å². The van der Waals surface area contributed by atoms with Crippen LogP contribution in [0.3, 0.4) is 0 Å². The second-order valence-corrected chi connectivity index (χ2v) is 9.55. The smallest absolute Gasteiger partial charge is 0.407 e. The van der Waals surface area contributed by atoms with Crippen LogP contribution in [0.15, 0.2) is 48.5 Å². The van der Waals surface area contributed by atoms with Crippen molar-refractivity contribution in [3.8, 4) is 11.1 Å². The maximum atomic E-state index is 12.9. The lowest BCUT2D eigenvalue weighted by atomic mass is 9.78. The molecule has 0 radical (unpaired) electrons. The van der Waals surface area contributed by atoms with E-state index in [9.17, 15) is 19.5 Å². The van der Waals surface area contributed by atoms with Gasteiger partial charge in [0.05, 0.1) is 0 Å². The SMILES string of the molecule is CCC[C@H](NC(=O)[C@@H]1CCCC[C@@H]1CNC(=O)OCC1c2ccccc2-c2ccccc21)C(=O)O. The molecule has 2 aromatic rings. The number of alkyl carbamates (subject to hydrolysis) is 1. The van der Waals surface area contributed by atoms with E-state index in [1.807, 2.05) is 31.2 Å². The molecule has 0 aromatic heterocycles. The van der Waals surface area contributed by atoms with Crippen LogP contribution in [0.4, 0.5) is 4.79 Å². The number of hydrogen-bond acceptors (Lipinski definition) is 4. The summed E-state index contributed by atoms with van der Waals surface area (Å²) in [6.07, 6.45) is 3.99. The normalized spacial score (nSPS) is 19.8. The third-order valence-electron chi connectivity index (χ3n) is 7.29. The first-order chi connectivity index (χ1) is 17.0. The van der Waals surface area contributed by atoms with E-state index in [0.29, 0.717) is 25.8 Å². The van der Waals surface area contributed by atoms with Crippen molar-refractivity contribution in [2.75, 3.05) is 13.2 Å². The highest BCUT2D eigenvalue weighted by Gasteiger charge is 2.34. The Labute approximate surface area is 206 Å². The Bertz CT molecular complexity index is 1020. The van der Waals surface area contributed by atoms with E-state index in [1.165, 1.54) is 11.1 Å². The molecule has 2 aliphatic carbocycles. The zero-order valence-electron chi connectivity index (χ0n) is 20.2. The molecule has 7 nitrogen and oxygen atoms in total. The number of nitrogens with one attached hydrogen (secondary N) is 2. The first kappa shape index (κ1) is 24.8. The average Bonchev–Trinajstić information content (AvgIpc) is 3.19. The number of amides is 2. The first-order valence-corrected chi connectivity index (χ1v) is 12.6. The molecule has 0 saturated heterocycles. The zero-order valence-corrected chi connectivity index (χ0v) is 20.2. The lowest BCUT2D eigenvalue weighted by Gasteiger charge is -2.31. The molecule has 0 heterocycles. The minimum atomic E-state index is -1.01. The van der Waals surface area contributed by atoms with E-state index in [0.717, 1.165) is 30.4 Å². The summed E-state index contributed by atoms with van der Waals surface area (Å²) in [5.74, 6) is -1.60. The summed E-state index contributed by atoms with van der Waals surface area (Å²) < 4.78 is 5.63. The van der Waals surface area contributed by atoms with Crippen molar-refractivity contribution in [1.82, 2.24) is 10.6 Å². The van der Waals surface area contributed by atoms with Crippen LogP contribution in [0.25, 0.3) is 11.1 Å². The number of aliphatic carboxylic acids is 1. The van der Waals surface area contributed by atoms with E-state index in [4.69, 9.17) is 4.74 Å².